The quantitative estimate of drug-likeness (QED) is 0.553. The summed E-state index contributed by atoms with van der Waals surface area (Å²) in [7, 11) is 0. The third-order valence-corrected chi connectivity index (χ3v) is 2.13. The Kier molecular flexibility index (Phi) is 3.51. The molecule has 0 spiro atoms. The van der Waals surface area contributed by atoms with E-state index < -0.39 is 0 Å². The SMILES string of the molecule is C=CC(C)=CC1=CC=CCC=C1C. The van der Waals surface area contributed by atoms with Crippen LogP contribution in [0.4, 0.5) is 0 Å². The van der Waals surface area contributed by atoms with Gasteiger partial charge in [0.05, 0.1) is 0 Å². The summed E-state index contributed by atoms with van der Waals surface area (Å²) in [6.45, 7) is 7.95. The molecule has 0 saturated carbocycles. The molecule has 0 aromatic rings. The first-order valence-electron chi connectivity index (χ1n) is 4.58. The van der Waals surface area contributed by atoms with Gasteiger partial charge in [0.25, 0.3) is 0 Å². The van der Waals surface area contributed by atoms with Crippen molar-refractivity contribution < 1.29 is 0 Å². The smallest absolute Gasteiger partial charge is 0.0160 e. The number of allylic oxidation sites excluding steroid dienone is 9. The van der Waals surface area contributed by atoms with Crippen LogP contribution < -0.4 is 0 Å². The second-order valence-corrected chi connectivity index (χ2v) is 3.27. The molecule has 0 aromatic carbocycles. The van der Waals surface area contributed by atoms with Gasteiger partial charge < -0.3 is 0 Å². The summed E-state index contributed by atoms with van der Waals surface area (Å²) in [5.41, 5.74) is 3.83. The first-order valence-corrected chi connectivity index (χ1v) is 4.58. The van der Waals surface area contributed by atoms with Gasteiger partial charge in [0.2, 0.25) is 0 Å². The monoisotopic (exact) mass is 172 g/mol. The van der Waals surface area contributed by atoms with Crippen LogP contribution in [0.5, 0.6) is 0 Å². The maximum absolute atomic E-state index is 3.74. The fourth-order valence-electron chi connectivity index (χ4n) is 1.21. The van der Waals surface area contributed by atoms with Crippen LogP contribution in [0.1, 0.15) is 20.3 Å². The standard InChI is InChI=1S/C13H16/c1-4-11(2)10-13-9-7-5-6-8-12(13)3/h4-5,7-10H,1,6H2,2-3H3. The van der Waals surface area contributed by atoms with Gasteiger partial charge in [-0.05, 0) is 31.4 Å². The molecule has 0 heterocycles. The van der Waals surface area contributed by atoms with E-state index in [1.165, 1.54) is 16.7 Å². The molecule has 1 rings (SSSR count). The third-order valence-electron chi connectivity index (χ3n) is 2.13. The molecule has 0 bridgehead atoms. The van der Waals surface area contributed by atoms with Crippen molar-refractivity contribution in [1.82, 2.24) is 0 Å². The van der Waals surface area contributed by atoms with Crippen molar-refractivity contribution in [2.75, 3.05) is 0 Å². The zero-order valence-corrected chi connectivity index (χ0v) is 8.38. The van der Waals surface area contributed by atoms with Gasteiger partial charge in [0.15, 0.2) is 0 Å². The molecule has 0 nitrogen and oxygen atoms in total. The molecule has 0 saturated heterocycles. The normalized spacial score (nSPS) is 17.5. The fourth-order valence-corrected chi connectivity index (χ4v) is 1.21. The molecule has 0 N–H and O–H groups in total. The highest BCUT2D eigenvalue weighted by Gasteiger charge is 1.97. The largest absolute Gasteiger partial charge is 0.0988 e. The second-order valence-electron chi connectivity index (χ2n) is 3.27. The maximum Gasteiger partial charge on any atom is -0.0160 e. The van der Waals surface area contributed by atoms with Crippen molar-refractivity contribution >= 4 is 0 Å². The summed E-state index contributed by atoms with van der Waals surface area (Å²) < 4.78 is 0. The summed E-state index contributed by atoms with van der Waals surface area (Å²) in [6.07, 6.45) is 13.7. The van der Waals surface area contributed by atoms with E-state index in [1.54, 1.807) is 0 Å². The molecule has 0 fully saturated rings. The molecule has 1 aliphatic carbocycles. The Balaban J connectivity index is 2.95. The lowest BCUT2D eigenvalue weighted by atomic mass is 10.0. The second kappa shape index (κ2) is 4.66. The van der Waals surface area contributed by atoms with Crippen LogP contribution in [0.15, 0.2) is 59.8 Å². The van der Waals surface area contributed by atoms with Crippen molar-refractivity contribution in [3.05, 3.63) is 59.8 Å². The van der Waals surface area contributed by atoms with Gasteiger partial charge in [0.1, 0.15) is 0 Å². The lowest BCUT2D eigenvalue weighted by Gasteiger charge is -2.01. The van der Waals surface area contributed by atoms with Gasteiger partial charge in [0, 0.05) is 0 Å². The predicted molar refractivity (Wildman–Crippen MR) is 59.6 cm³/mol. The van der Waals surface area contributed by atoms with Gasteiger partial charge in [-0.3, -0.25) is 0 Å². The van der Waals surface area contributed by atoms with Crippen LogP contribution in [-0.4, -0.2) is 0 Å². The summed E-state index contributed by atoms with van der Waals surface area (Å²) >= 11 is 0. The van der Waals surface area contributed by atoms with Crippen LogP contribution in [0.3, 0.4) is 0 Å². The highest BCUT2D eigenvalue weighted by Crippen LogP contribution is 2.17. The minimum absolute atomic E-state index is 1.03. The highest BCUT2D eigenvalue weighted by molar-refractivity contribution is 5.45. The van der Waals surface area contributed by atoms with Gasteiger partial charge in [-0.15, -0.1) is 0 Å². The molecule has 0 unspecified atom stereocenters. The van der Waals surface area contributed by atoms with Crippen molar-refractivity contribution in [1.29, 1.82) is 0 Å². The van der Waals surface area contributed by atoms with Gasteiger partial charge in [-0.2, -0.15) is 0 Å². The lowest BCUT2D eigenvalue weighted by Crippen LogP contribution is -1.81. The zero-order chi connectivity index (χ0) is 9.68. The Morgan fingerprint density at radius 3 is 3.00 bits per heavy atom. The molecule has 0 radical (unpaired) electrons. The van der Waals surface area contributed by atoms with E-state index in [1.807, 2.05) is 6.08 Å². The number of hydrogen-bond donors (Lipinski definition) is 0. The van der Waals surface area contributed by atoms with Crippen molar-refractivity contribution in [3.8, 4) is 0 Å². The molecule has 68 valence electrons. The van der Waals surface area contributed by atoms with Gasteiger partial charge >= 0.3 is 0 Å². The topological polar surface area (TPSA) is 0 Å². The fraction of sp³-hybridized carbons (Fsp3) is 0.231. The van der Waals surface area contributed by atoms with Gasteiger partial charge in [-0.25, -0.2) is 0 Å². The summed E-state index contributed by atoms with van der Waals surface area (Å²) in [4.78, 5) is 0. The van der Waals surface area contributed by atoms with E-state index in [-0.39, 0.29) is 0 Å². The van der Waals surface area contributed by atoms with Crippen LogP contribution in [0.25, 0.3) is 0 Å². The number of hydrogen-bond acceptors (Lipinski definition) is 0. The van der Waals surface area contributed by atoms with Crippen LogP contribution >= 0.6 is 0 Å². The van der Waals surface area contributed by atoms with Crippen LogP contribution in [-0.2, 0) is 0 Å². The minimum atomic E-state index is 1.03. The first kappa shape index (κ1) is 9.79. The Morgan fingerprint density at radius 2 is 2.31 bits per heavy atom. The predicted octanol–water partition coefficient (Wildman–Crippen LogP) is 3.95. The van der Waals surface area contributed by atoms with Gasteiger partial charge in [-0.1, -0.05) is 48.6 Å². The molecule has 13 heavy (non-hydrogen) atoms. The summed E-state index contributed by atoms with van der Waals surface area (Å²) in [5, 5.41) is 0. The van der Waals surface area contributed by atoms with E-state index >= 15 is 0 Å². The highest BCUT2D eigenvalue weighted by atomic mass is 14.0. The van der Waals surface area contributed by atoms with Crippen LogP contribution in [0, 0.1) is 0 Å². The average molecular weight is 172 g/mol. The average Bonchev–Trinajstić information content (AvgIpc) is 2.32. The van der Waals surface area contributed by atoms with E-state index in [9.17, 15) is 0 Å². The molecule has 0 aromatic heterocycles. The molecular weight excluding hydrogens is 156 g/mol. The van der Waals surface area contributed by atoms with Crippen LogP contribution in [0.2, 0.25) is 0 Å². The van der Waals surface area contributed by atoms with Crippen molar-refractivity contribution in [3.63, 3.8) is 0 Å². The Bertz CT molecular complexity index is 306. The van der Waals surface area contributed by atoms with E-state index in [4.69, 9.17) is 0 Å². The molecule has 0 heteroatoms. The van der Waals surface area contributed by atoms with Crippen molar-refractivity contribution in [2.45, 2.75) is 20.3 Å². The van der Waals surface area contributed by atoms with E-state index in [0.29, 0.717) is 0 Å². The first-order chi connectivity index (χ1) is 6.24. The van der Waals surface area contributed by atoms with Crippen molar-refractivity contribution in [2.24, 2.45) is 0 Å². The Hall–Kier alpha value is -1.30. The Labute approximate surface area is 80.7 Å². The molecular formula is C13H16. The molecule has 0 atom stereocenters. The van der Waals surface area contributed by atoms with E-state index in [2.05, 4.69) is 50.8 Å². The van der Waals surface area contributed by atoms with E-state index in [0.717, 1.165) is 6.42 Å². The summed E-state index contributed by atoms with van der Waals surface area (Å²) in [6, 6.07) is 0. The molecule has 1 aliphatic rings. The zero-order valence-electron chi connectivity index (χ0n) is 8.38. The third kappa shape index (κ3) is 2.90. The number of rotatable bonds is 2. The minimum Gasteiger partial charge on any atom is -0.0988 e. The Morgan fingerprint density at radius 1 is 1.54 bits per heavy atom. The summed E-state index contributed by atoms with van der Waals surface area (Å²) in [5.74, 6) is 0. The maximum atomic E-state index is 3.74. The lowest BCUT2D eigenvalue weighted by molar-refractivity contribution is 1.32. The molecule has 0 amide bonds. The molecule has 0 aliphatic heterocycles.